The lowest BCUT2D eigenvalue weighted by atomic mass is 10.2. The lowest BCUT2D eigenvalue weighted by molar-refractivity contribution is 0.243. The zero-order valence-electron chi connectivity index (χ0n) is 13.0. The molecule has 3 nitrogen and oxygen atoms in total. The van der Waals surface area contributed by atoms with Crippen molar-refractivity contribution in [2.45, 2.75) is 45.2 Å². The number of aromatic nitrogens is 2. The van der Waals surface area contributed by atoms with Gasteiger partial charge in [0.2, 0.25) is 0 Å². The van der Waals surface area contributed by atoms with Crippen molar-refractivity contribution >= 4 is 11.6 Å². The van der Waals surface area contributed by atoms with Crippen LogP contribution in [-0.4, -0.2) is 27.3 Å². The van der Waals surface area contributed by atoms with Crippen LogP contribution in [-0.2, 0) is 6.54 Å². The first kappa shape index (κ1) is 14.3. The molecule has 1 heterocycles. The van der Waals surface area contributed by atoms with E-state index in [2.05, 4.69) is 16.9 Å². The molecule has 0 N–H and O–H groups in total. The molecule has 4 heteroatoms. The van der Waals surface area contributed by atoms with Gasteiger partial charge >= 0.3 is 0 Å². The molecule has 0 amide bonds. The minimum atomic E-state index is 0.769. The Morgan fingerprint density at radius 3 is 2.55 bits per heavy atom. The molecular formula is C18H22ClN3. The number of hydrogen-bond acceptors (Lipinski definition) is 2. The van der Waals surface area contributed by atoms with Crippen molar-refractivity contribution in [1.29, 1.82) is 0 Å². The third-order valence-corrected chi connectivity index (χ3v) is 5.12. The Hall–Kier alpha value is -1.32. The van der Waals surface area contributed by atoms with E-state index in [1.165, 1.54) is 37.8 Å². The SMILES string of the molecule is Cc1nn(-c2ccccc2)c(Cl)c1CN(CC1CC1)C1CC1. The summed E-state index contributed by atoms with van der Waals surface area (Å²) < 4.78 is 1.87. The highest BCUT2D eigenvalue weighted by Crippen LogP contribution is 2.37. The third kappa shape index (κ3) is 2.92. The fraction of sp³-hybridized carbons (Fsp3) is 0.500. The van der Waals surface area contributed by atoms with E-state index in [0.717, 1.165) is 35.0 Å². The Bertz CT molecular complexity index is 656. The fourth-order valence-electron chi connectivity index (χ4n) is 3.07. The maximum atomic E-state index is 6.66. The number of benzene rings is 1. The number of rotatable bonds is 6. The van der Waals surface area contributed by atoms with Gasteiger partial charge in [-0.15, -0.1) is 0 Å². The summed E-state index contributed by atoms with van der Waals surface area (Å²) in [5.41, 5.74) is 3.27. The van der Waals surface area contributed by atoms with Crippen LogP contribution in [0.1, 0.15) is 36.9 Å². The van der Waals surface area contributed by atoms with E-state index in [1.54, 1.807) is 0 Å². The van der Waals surface area contributed by atoms with Gasteiger partial charge in [0.05, 0.1) is 11.4 Å². The summed E-state index contributed by atoms with van der Waals surface area (Å²) in [7, 11) is 0. The molecule has 2 aromatic rings. The van der Waals surface area contributed by atoms with Crippen molar-refractivity contribution in [2.24, 2.45) is 5.92 Å². The van der Waals surface area contributed by atoms with Crippen molar-refractivity contribution in [2.75, 3.05) is 6.54 Å². The van der Waals surface area contributed by atoms with E-state index in [-0.39, 0.29) is 0 Å². The van der Waals surface area contributed by atoms with Crippen molar-refractivity contribution < 1.29 is 0 Å². The third-order valence-electron chi connectivity index (χ3n) is 4.74. The molecule has 0 atom stereocenters. The average molecular weight is 316 g/mol. The lowest BCUT2D eigenvalue weighted by Gasteiger charge is -2.21. The molecule has 0 saturated heterocycles. The van der Waals surface area contributed by atoms with Gasteiger partial charge in [-0.3, -0.25) is 4.90 Å². The molecule has 1 aromatic heterocycles. The highest BCUT2D eigenvalue weighted by molar-refractivity contribution is 6.30. The standard InChI is InChI=1S/C18H22ClN3/c1-13-17(12-21(15-9-10-15)11-14-7-8-14)18(19)22(20-13)16-5-3-2-4-6-16/h2-6,14-15H,7-12H2,1H3. The number of nitrogens with zero attached hydrogens (tertiary/aromatic N) is 3. The second-order valence-corrected chi connectivity index (χ2v) is 7.06. The van der Waals surface area contributed by atoms with Gasteiger partial charge in [0, 0.05) is 24.7 Å². The molecule has 0 aliphatic heterocycles. The Kier molecular flexibility index (Phi) is 3.71. The Balaban J connectivity index is 1.59. The quantitative estimate of drug-likeness (QED) is 0.796. The van der Waals surface area contributed by atoms with Gasteiger partial charge in [0.1, 0.15) is 5.15 Å². The molecule has 0 spiro atoms. The maximum absolute atomic E-state index is 6.66. The van der Waals surface area contributed by atoms with Crippen LogP contribution >= 0.6 is 11.6 Å². The van der Waals surface area contributed by atoms with Crippen LogP contribution in [0.15, 0.2) is 30.3 Å². The summed E-state index contributed by atoms with van der Waals surface area (Å²) in [4.78, 5) is 2.63. The molecule has 0 bridgehead atoms. The molecule has 2 saturated carbocycles. The lowest BCUT2D eigenvalue weighted by Crippen LogP contribution is -2.28. The number of hydrogen-bond donors (Lipinski definition) is 0. The summed E-state index contributed by atoms with van der Waals surface area (Å²) >= 11 is 6.66. The van der Waals surface area contributed by atoms with Gasteiger partial charge in [-0.25, -0.2) is 4.68 Å². The van der Waals surface area contributed by atoms with Gasteiger partial charge in [-0.05, 0) is 50.7 Å². The van der Waals surface area contributed by atoms with Crippen LogP contribution in [0.2, 0.25) is 5.15 Å². The van der Waals surface area contributed by atoms with Gasteiger partial charge in [0.15, 0.2) is 0 Å². The van der Waals surface area contributed by atoms with Crippen LogP contribution in [0.5, 0.6) is 0 Å². The number of halogens is 1. The molecule has 116 valence electrons. The molecule has 2 aliphatic carbocycles. The van der Waals surface area contributed by atoms with Gasteiger partial charge in [-0.2, -0.15) is 5.10 Å². The first-order chi connectivity index (χ1) is 10.7. The Labute approximate surface area is 136 Å². The molecule has 0 radical (unpaired) electrons. The largest absolute Gasteiger partial charge is 0.296 e. The van der Waals surface area contributed by atoms with Crippen molar-refractivity contribution in [3.05, 3.63) is 46.7 Å². The van der Waals surface area contributed by atoms with E-state index in [1.807, 2.05) is 35.0 Å². The topological polar surface area (TPSA) is 21.1 Å². The van der Waals surface area contributed by atoms with Crippen LogP contribution in [0.3, 0.4) is 0 Å². The molecule has 0 unspecified atom stereocenters. The smallest absolute Gasteiger partial charge is 0.137 e. The zero-order valence-corrected chi connectivity index (χ0v) is 13.8. The minimum absolute atomic E-state index is 0.769. The van der Waals surface area contributed by atoms with E-state index in [4.69, 9.17) is 11.6 Å². The second-order valence-electron chi connectivity index (χ2n) is 6.71. The van der Waals surface area contributed by atoms with Gasteiger partial charge < -0.3 is 0 Å². The highest BCUT2D eigenvalue weighted by atomic mass is 35.5. The first-order valence-electron chi connectivity index (χ1n) is 8.26. The van der Waals surface area contributed by atoms with Gasteiger partial charge in [0.25, 0.3) is 0 Å². The van der Waals surface area contributed by atoms with Crippen LogP contribution < -0.4 is 0 Å². The van der Waals surface area contributed by atoms with E-state index in [9.17, 15) is 0 Å². The summed E-state index contributed by atoms with van der Waals surface area (Å²) in [5, 5.41) is 5.43. The maximum Gasteiger partial charge on any atom is 0.137 e. The second kappa shape index (κ2) is 5.71. The van der Waals surface area contributed by atoms with Crippen molar-refractivity contribution in [3.63, 3.8) is 0 Å². The van der Waals surface area contributed by atoms with E-state index >= 15 is 0 Å². The molecule has 4 rings (SSSR count). The van der Waals surface area contributed by atoms with E-state index < -0.39 is 0 Å². The molecule has 22 heavy (non-hydrogen) atoms. The number of aryl methyl sites for hydroxylation is 1. The Morgan fingerprint density at radius 2 is 1.91 bits per heavy atom. The van der Waals surface area contributed by atoms with Crippen molar-refractivity contribution in [3.8, 4) is 5.69 Å². The minimum Gasteiger partial charge on any atom is -0.296 e. The predicted octanol–water partition coefficient (Wildman–Crippen LogP) is 4.21. The Morgan fingerprint density at radius 1 is 1.18 bits per heavy atom. The molecule has 2 aliphatic rings. The molecule has 1 aromatic carbocycles. The van der Waals surface area contributed by atoms with Crippen LogP contribution in [0.4, 0.5) is 0 Å². The van der Waals surface area contributed by atoms with Crippen LogP contribution in [0.25, 0.3) is 5.69 Å². The first-order valence-corrected chi connectivity index (χ1v) is 8.63. The fourth-order valence-corrected chi connectivity index (χ4v) is 3.40. The van der Waals surface area contributed by atoms with Gasteiger partial charge in [-0.1, -0.05) is 29.8 Å². The monoisotopic (exact) mass is 315 g/mol. The summed E-state index contributed by atoms with van der Waals surface area (Å²) in [6.45, 7) is 4.25. The molecular weight excluding hydrogens is 294 g/mol. The average Bonchev–Trinajstić information content (AvgIpc) is 3.42. The number of para-hydroxylation sites is 1. The summed E-state index contributed by atoms with van der Waals surface area (Å²) in [6, 6.07) is 10.9. The highest BCUT2D eigenvalue weighted by Gasteiger charge is 2.34. The van der Waals surface area contributed by atoms with Crippen molar-refractivity contribution in [1.82, 2.24) is 14.7 Å². The molecule has 2 fully saturated rings. The predicted molar refractivity (Wildman–Crippen MR) is 89.5 cm³/mol. The summed E-state index contributed by atoms with van der Waals surface area (Å²) in [6.07, 6.45) is 5.49. The van der Waals surface area contributed by atoms with Crippen LogP contribution in [0, 0.1) is 12.8 Å². The summed E-state index contributed by atoms with van der Waals surface area (Å²) in [5.74, 6) is 0.920. The zero-order chi connectivity index (χ0) is 15.1. The van der Waals surface area contributed by atoms with E-state index in [0.29, 0.717) is 0 Å². The normalized spacial score (nSPS) is 18.1.